The van der Waals surface area contributed by atoms with Crippen LogP contribution >= 0.6 is 0 Å². The van der Waals surface area contributed by atoms with Crippen molar-refractivity contribution in [3.05, 3.63) is 54.6 Å². The smallest absolute Gasteiger partial charge is 0.545 e. The van der Waals surface area contributed by atoms with E-state index in [1.54, 1.807) is 47.6 Å². The number of rotatable bonds is 5. The van der Waals surface area contributed by atoms with E-state index in [0.29, 0.717) is 23.1 Å². The first-order valence-corrected chi connectivity index (χ1v) is 6.66. The monoisotopic (exact) mass is 317 g/mol. The molecule has 0 bridgehead atoms. The number of carbonyl (C=O) groups is 1. The number of nitrogens with one attached hydrogen (secondary N) is 1. The fourth-order valence-electron chi connectivity index (χ4n) is 1.99. The van der Waals surface area contributed by atoms with Crippen molar-refractivity contribution in [2.45, 2.75) is 0 Å². The van der Waals surface area contributed by atoms with Gasteiger partial charge in [-0.1, -0.05) is 0 Å². The standard InChI is InChI=1S/C15H13N5O3.Li/c1-23-10-2-3-12(11(8-10)15(21)22)17-13-4-5-14(19-18-13)20-7-6-16-9-20;/h2-9H,1H3,(H,17,18)(H,21,22);/q;+1/p-1. The molecule has 9 heteroatoms. The van der Waals surface area contributed by atoms with Crippen LogP contribution in [0.5, 0.6) is 5.75 Å². The van der Waals surface area contributed by atoms with Crippen LogP contribution in [0.15, 0.2) is 49.1 Å². The molecule has 2 heterocycles. The molecule has 0 saturated carbocycles. The summed E-state index contributed by atoms with van der Waals surface area (Å²) in [5.41, 5.74) is 0.320. The normalized spacial score (nSPS) is 9.88. The molecule has 3 rings (SSSR count). The van der Waals surface area contributed by atoms with Crippen molar-refractivity contribution in [1.82, 2.24) is 19.7 Å². The zero-order valence-corrected chi connectivity index (χ0v) is 13.1. The average Bonchev–Trinajstić information content (AvgIpc) is 3.10. The Kier molecular flexibility index (Phi) is 5.58. The summed E-state index contributed by atoms with van der Waals surface area (Å²) in [4.78, 5) is 15.2. The van der Waals surface area contributed by atoms with Crippen LogP contribution in [0.25, 0.3) is 5.82 Å². The van der Waals surface area contributed by atoms with E-state index in [-0.39, 0.29) is 24.4 Å². The molecular formula is C15H12LiN5O3. The summed E-state index contributed by atoms with van der Waals surface area (Å²) in [7, 11) is 1.46. The van der Waals surface area contributed by atoms with Gasteiger partial charge in [0.2, 0.25) is 0 Å². The van der Waals surface area contributed by atoms with Crippen LogP contribution < -0.4 is 34.0 Å². The second-order valence-electron chi connectivity index (χ2n) is 4.57. The Labute approximate surface area is 149 Å². The van der Waals surface area contributed by atoms with E-state index >= 15 is 0 Å². The van der Waals surface area contributed by atoms with Gasteiger partial charge in [-0.15, -0.1) is 10.2 Å². The Balaban J connectivity index is 0.00000208. The number of hydrogen-bond donors (Lipinski definition) is 1. The van der Waals surface area contributed by atoms with Gasteiger partial charge in [0.15, 0.2) is 11.6 Å². The number of carboxylic acids is 1. The molecule has 2 aromatic heterocycles. The first-order chi connectivity index (χ1) is 11.2. The van der Waals surface area contributed by atoms with Gasteiger partial charge in [0, 0.05) is 23.6 Å². The number of methoxy groups -OCH3 is 1. The van der Waals surface area contributed by atoms with E-state index in [1.165, 1.54) is 13.2 Å². The summed E-state index contributed by atoms with van der Waals surface area (Å²) >= 11 is 0. The maximum Gasteiger partial charge on any atom is 1.00 e. The fraction of sp³-hybridized carbons (Fsp3) is 0.0667. The van der Waals surface area contributed by atoms with Crippen LogP contribution in [0.3, 0.4) is 0 Å². The molecule has 24 heavy (non-hydrogen) atoms. The van der Waals surface area contributed by atoms with Crippen LogP contribution in [0.4, 0.5) is 11.5 Å². The van der Waals surface area contributed by atoms with Crippen LogP contribution in [0.2, 0.25) is 0 Å². The molecule has 0 amide bonds. The minimum atomic E-state index is -1.31. The number of aromatic carboxylic acids is 1. The molecule has 1 aromatic carbocycles. The van der Waals surface area contributed by atoms with Crippen LogP contribution in [-0.4, -0.2) is 32.8 Å². The zero-order chi connectivity index (χ0) is 16.2. The molecule has 0 aliphatic carbocycles. The van der Waals surface area contributed by atoms with Gasteiger partial charge in [-0.05, 0) is 30.3 Å². The SMILES string of the molecule is COc1ccc(Nc2ccc(-n3ccnc3)nn2)c(C(=O)[O-])c1.[Li+]. The summed E-state index contributed by atoms with van der Waals surface area (Å²) in [6, 6.07) is 8.02. The molecule has 116 valence electrons. The Morgan fingerprint density at radius 2 is 2.08 bits per heavy atom. The molecule has 0 unspecified atom stereocenters. The molecule has 0 aliphatic heterocycles. The van der Waals surface area contributed by atoms with Gasteiger partial charge in [0.05, 0.1) is 13.1 Å². The summed E-state index contributed by atoms with van der Waals surface area (Å²) in [5, 5.41) is 22.2. The van der Waals surface area contributed by atoms with E-state index in [2.05, 4.69) is 20.5 Å². The number of carboxylic acid groups (broad SMARTS) is 1. The van der Waals surface area contributed by atoms with E-state index in [9.17, 15) is 9.90 Å². The average molecular weight is 317 g/mol. The molecule has 0 saturated heterocycles. The number of aromatic nitrogens is 4. The van der Waals surface area contributed by atoms with Crippen molar-refractivity contribution in [2.75, 3.05) is 12.4 Å². The topological polar surface area (TPSA) is 105 Å². The zero-order valence-electron chi connectivity index (χ0n) is 13.1. The van der Waals surface area contributed by atoms with E-state index in [1.807, 2.05) is 0 Å². The van der Waals surface area contributed by atoms with Gasteiger partial charge < -0.3 is 20.0 Å². The Bertz CT molecular complexity index is 822. The minimum Gasteiger partial charge on any atom is -0.545 e. The summed E-state index contributed by atoms with van der Waals surface area (Å²) in [5.74, 6) is 0.120. The number of benzene rings is 1. The second-order valence-corrected chi connectivity index (χ2v) is 4.57. The Hall–Kier alpha value is -2.82. The van der Waals surface area contributed by atoms with Gasteiger partial charge in [0.25, 0.3) is 0 Å². The third kappa shape index (κ3) is 3.74. The first-order valence-electron chi connectivity index (χ1n) is 6.66. The Morgan fingerprint density at radius 3 is 2.67 bits per heavy atom. The van der Waals surface area contributed by atoms with E-state index in [0.717, 1.165) is 0 Å². The van der Waals surface area contributed by atoms with Gasteiger partial charge in [0.1, 0.15) is 12.1 Å². The second kappa shape index (κ2) is 7.63. The molecule has 0 spiro atoms. The van der Waals surface area contributed by atoms with Crippen LogP contribution in [0.1, 0.15) is 10.4 Å². The number of carbonyl (C=O) groups excluding carboxylic acids is 1. The minimum absolute atomic E-state index is 0. The van der Waals surface area contributed by atoms with E-state index in [4.69, 9.17) is 4.74 Å². The van der Waals surface area contributed by atoms with Gasteiger partial charge in [-0.25, -0.2) is 4.98 Å². The van der Waals surface area contributed by atoms with Crippen molar-refractivity contribution in [3.63, 3.8) is 0 Å². The number of imidazole rings is 1. The van der Waals surface area contributed by atoms with Crippen molar-refractivity contribution in [3.8, 4) is 11.6 Å². The van der Waals surface area contributed by atoms with Crippen molar-refractivity contribution < 1.29 is 33.5 Å². The Morgan fingerprint density at radius 1 is 1.25 bits per heavy atom. The molecule has 1 N–H and O–H groups in total. The quantitative estimate of drug-likeness (QED) is 0.532. The summed E-state index contributed by atoms with van der Waals surface area (Å²) in [6.45, 7) is 0. The first kappa shape index (κ1) is 17.5. The number of nitrogens with zero attached hydrogens (tertiary/aromatic N) is 4. The predicted molar refractivity (Wildman–Crippen MR) is 79.8 cm³/mol. The predicted octanol–water partition coefficient (Wildman–Crippen LogP) is -2.22. The number of anilines is 2. The van der Waals surface area contributed by atoms with E-state index < -0.39 is 5.97 Å². The summed E-state index contributed by atoms with van der Waals surface area (Å²) < 4.78 is 6.72. The van der Waals surface area contributed by atoms with Crippen LogP contribution in [0, 0.1) is 0 Å². The molecule has 3 aromatic rings. The fourth-order valence-corrected chi connectivity index (χ4v) is 1.99. The molecule has 0 fully saturated rings. The number of hydrogen-bond acceptors (Lipinski definition) is 7. The van der Waals surface area contributed by atoms with Crippen molar-refractivity contribution >= 4 is 17.5 Å². The van der Waals surface area contributed by atoms with Crippen molar-refractivity contribution in [1.29, 1.82) is 0 Å². The van der Waals surface area contributed by atoms with Crippen molar-refractivity contribution in [2.24, 2.45) is 0 Å². The largest absolute Gasteiger partial charge is 1.00 e. The summed E-state index contributed by atoms with van der Waals surface area (Å²) in [6.07, 6.45) is 4.99. The maximum absolute atomic E-state index is 11.2. The third-order valence-electron chi connectivity index (χ3n) is 3.13. The third-order valence-corrected chi connectivity index (χ3v) is 3.13. The number of ether oxygens (including phenoxy) is 1. The molecule has 0 radical (unpaired) electrons. The maximum atomic E-state index is 11.2. The van der Waals surface area contributed by atoms with Gasteiger partial charge >= 0.3 is 18.9 Å². The molecule has 0 aliphatic rings. The molecular weight excluding hydrogens is 305 g/mol. The van der Waals surface area contributed by atoms with Gasteiger partial charge in [-0.3, -0.25) is 4.57 Å². The van der Waals surface area contributed by atoms with Gasteiger partial charge in [-0.2, -0.15) is 0 Å². The van der Waals surface area contributed by atoms with Crippen LogP contribution in [-0.2, 0) is 0 Å². The molecule has 0 atom stereocenters. The molecule has 8 nitrogen and oxygen atoms in total.